The van der Waals surface area contributed by atoms with E-state index in [2.05, 4.69) is 10.0 Å². The molecule has 0 aromatic carbocycles. The Hall–Kier alpha value is -1.06. The van der Waals surface area contributed by atoms with Crippen molar-refractivity contribution >= 4 is 0 Å². The lowest BCUT2D eigenvalue weighted by Gasteiger charge is -2.06. The molecule has 0 aliphatic carbocycles. The molecule has 0 amide bonds. The van der Waals surface area contributed by atoms with Crippen LogP contribution in [0.5, 0.6) is 0 Å². The molecular formula is C9H16FN3O. The highest BCUT2D eigenvalue weighted by molar-refractivity contribution is 4.99. The van der Waals surface area contributed by atoms with Crippen LogP contribution in [0.25, 0.3) is 10.4 Å². The van der Waals surface area contributed by atoms with Crippen molar-refractivity contribution in [3.63, 3.8) is 0 Å². The van der Waals surface area contributed by atoms with Gasteiger partial charge in [-0.05, 0) is 18.0 Å². The van der Waals surface area contributed by atoms with Crippen molar-refractivity contribution in [2.24, 2.45) is 5.11 Å². The number of unbranched alkanes of at least 4 members (excludes halogenated alkanes) is 2. The quantitative estimate of drug-likeness (QED) is 0.292. The zero-order valence-electron chi connectivity index (χ0n) is 8.36. The molecule has 0 aliphatic rings. The van der Waals surface area contributed by atoms with E-state index in [1.165, 1.54) is 0 Å². The summed E-state index contributed by atoms with van der Waals surface area (Å²) in [7, 11) is 0. The van der Waals surface area contributed by atoms with Crippen molar-refractivity contribution in [2.45, 2.75) is 38.7 Å². The Morgan fingerprint density at radius 1 is 1.64 bits per heavy atom. The fourth-order valence-electron chi connectivity index (χ4n) is 1.03. The minimum Gasteiger partial charge on any atom is -0.386 e. The van der Waals surface area contributed by atoms with Gasteiger partial charge >= 0.3 is 0 Å². The molecule has 0 saturated heterocycles. The van der Waals surface area contributed by atoms with Crippen molar-refractivity contribution in [1.82, 2.24) is 0 Å². The van der Waals surface area contributed by atoms with Gasteiger partial charge in [0.2, 0.25) is 0 Å². The minimum absolute atomic E-state index is 0.0484. The molecule has 1 unspecified atom stereocenters. The average molecular weight is 201 g/mol. The molecule has 0 aromatic rings. The molecule has 4 nitrogen and oxygen atoms in total. The van der Waals surface area contributed by atoms with Gasteiger partial charge in [0.15, 0.2) is 0 Å². The van der Waals surface area contributed by atoms with E-state index in [0.29, 0.717) is 6.42 Å². The first-order chi connectivity index (χ1) is 6.72. The van der Waals surface area contributed by atoms with E-state index in [1.54, 1.807) is 0 Å². The summed E-state index contributed by atoms with van der Waals surface area (Å²) in [5.41, 5.74) is 7.94. The van der Waals surface area contributed by atoms with Gasteiger partial charge in [-0.25, -0.2) is 4.39 Å². The molecule has 0 rings (SSSR count). The van der Waals surface area contributed by atoms with E-state index >= 15 is 0 Å². The summed E-state index contributed by atoms with van der Waals surface area (Å²) in [6.07, 6.45) is 3.32. The Bertz CT molecular complexity index is 224. The normalized spacial score (nSPS) is 13.5. The third-order valence-electron chi connectivity index (χ3n) is 1.83. The van der Waals surface area contributed by atoms with Crippen LogP contribution in [0, 0.1) is 0 Å². The van der Waals surface area contributed by atoms with Gasteiger partial charge in [-0.1, -0.05) is 31.3 Å². The van der Waals surface area contributed by atoms with Crippen LogP contribution in [-0.2, 0) is 0 Å². The Labute approximate surface area is 83.1 Å². The van der Waals surface area contributed by atoms with Crippen molar-refractivity contribution in [3.8, 4) is 0 Å². The van der Waals surface area contributed by atoms with Crippen LogP contribution in [0.1, 0.15) is 32.6 Å². The zero-order chi connectivity index (χ0) is 10.8. The highest BCUT2D eigenvalue weighted by atomic mass is 19.1. The number of nitrogens with zero attached hydrogens (tertiary/aromatic N) is 3. The van der Waals surface area contributed by atoms with Crippen LogP contribution in [0.15, 0.2) is 17.0 Å². The number of rotatable bonds is 7. The second-order valence-corrected chi connectivity index (χ2v) is 3.01. The highest BCUT2D eigenvalue weighted by Crippen LogP contribution is 2.12. The van der Waals surface area contributed by atoms with Crippen molar-refractivity contribution < 1.29 is 9.50 Å². The number of aliphatic hydroxyl groups excluding tert-OH is 1. The molecule has 0 bridgehead atoms. The highest BCUT2D eigenvalue weighted by Gasteiger charge is 2.08. The second-order valence-electron chi connectivity index (χ2n) is 3.01. The molecule has 0 radical (unpaired) electrons. The molecule has 1 N–H and O–H groups in total. The van der Waals surface area contributed by atoms with Gasteiger partial charge < -0.3 is 5.11 Å². The van der Waals surface area contributed by atoms with Gasteiger partial charge in [-0.2, -0.15) is 0 Å². The summed E-state index contributed by atoms with van der Waals surface area (Å²) in [6, 6.07) is 0. The third kappa shape index (κ3) is 6.46. The number of aliphatic hydroxyl groups is 1. The first-order valence-electron chi connectivity index (χ1n) is 4.76. The Balaban J connectivity index is 3.78. The standard InChI is InChI=1S/C9H16FN3O/c1-2-3-4-5-9(14)8(10)6-7-12-13-11/h6,9,14H,2-5,7H2,1H3/b8-6-. The third-order valence-corrected chi connectivity index (χ3v) is 1.83. The molecule has 0 heterocycles. The number of hydrogen-bond acceptors (Lipinski definition) is 2. The minimum atomic E-state index is -1.05. The van der Waals surface area contributed by atoms with Crippen molar-refractivity contribution in [3.05, 3.63) is 22.3 Å². The predicted octanol–water partition coefficient (Wildman–Crippen LogP) is 3.09. The zero-order valence-corrected chi connectivity index (χ0v) is 8.36. The topological polar surface area (TPSA) is 69.0 Å². The summed E-state index contributed by atoms with van der Waals surface area (Å²) in [5, 5.41) is 12.4. The maximum Gasteiger partial charge on any atom is 0.125 e. The molecule has 0 saturated carbocycles. The average Bonchev–Trinajstić information content (AvgIpc) is 2.18. The SMILES string of the molecule is CCCCCC(O)/C(F)=C/CN=[N+]=[N-]. The summed E-state index contributed by atoms with van der Waals surface area (Å²) in [4.78, 5) is 2.47. The molecule has 14 heavy (non-hydrogen) atoms. The molecule has 0 aromatic heterocycles. The van der Waals surface area contributed by atoms with Gasteiger partial charge in [0.05, 0.1) is 0 Å². The van der Waals surface area contributed by atoms with Crippen LogP contribution in [0.2, 0.25) is 0 Å². The van der Waals surface area contributed by atoms with E-state index in [4.69, 9.17) is 5.53 Å². The first kappa shape index (κ1) is 12.9. The molecule has 1 atom stereocenters. The van der Waals surface area contributed by atoms with Gasteiger partial charge in [-0.15, -0.1) is 0 Å². The van der Waals surface area contributed by atoms with Crippen LogP contribution < -0.4 is 0 Å². The first-order valence-corrected chi connectivity index (χ1v) is 4.76. The number of hydrogen-bond donors (Lipinski definition) is 1. The van der Waals surface area contributed by atoms with Crippen LogP contribution >= 0.6 is 0 Å². The Morgan fingerprint density at radius 2 is 2.36 bits per heavy atom. The lowest BCUT2D eigenvalue weighted by Crippen LogP contribution is -2.07. The van der Waals surface area contributed by atoms with Gasteiger partial charge in [0.25, 0.3) is 0 Å². The number of halogens is 1. The van der Waals surface area contributed by atoms with Gasteiger partial charge in [-0.3, -0.25) is 0 Å². The van der Waals surface area contributed by atoms with Crippen molar-refractivity contribution in [1.29, 1.82) is 0 Å². The van der Waals surface area contributed by atoms with Crippen LogP contribution in [0.4, 0.5) is 4.39 Å². The monoisotopic (exact) mass is 201 g/mol. The van der Waals surface area contributed by atoms with E-state index < -0.39 is 11.9 Å². The van der Waals surface area contributed by atoms with E-state index in [9.17, 15) is 9.50 Å². The van der Waals surface area contributed by atoms with Crippen molar-refractivity contribution in [2.75, 3.05) is 6.54 Å². The molecule has 80 valence electrons. The maximum absolute atomic E-state index is 13.0. The Kier molecular flexibility index (Phi) is 7.89. The molecular weight excluding hydrogens is 185 g/mol. The van der Waals surface area contributed by atoms with E-state index in [0.717, 1.165) is 25.3 Å². The van der Waals surface area contributed by atoms with E-state index in [1.807, 2.05) is 6.92 Å². The van der Waals surface area contributed by atoms with Gasteiger partial charge in [0.1, 0.15) is 11.9 Å². The smallest absolute Gasteiger partial charge is 0.125 e. The van der Waals surface area contributed by atoms with E-state index in [-0.39, 0.29) is 6.54 Å². The predicted molar refractivity (Wildman–Crippen MR) is 53.4 cm³/mol. The molecule has 0 spiro atoms. The summed E-state index contributed by atoms with van der Waals surface area (Å²) in [5.74, 6) is -0.603. The number of azide groups is 1. The lowest BCUT2D eigenvalue weighted by molar-refractivity contribution is 0.169. The van der Waals surface area contributed by atoms with Crippen LogP contribution in [-0.4, -0.2) is 17.8 Å². The summed E-state index contributed by atoms with van der Waals surface area (Å²) in [6.45, 7) is 1.99. The fourth-order valence-corrected chi connectivity index (χ4v) is 1.03. The summed E-state index contributed by atoms with van der Waals surface area (Å²) >= 11 is 0. The van der Waals surface area contributed by atoms with Crippen LogP contribution in [0.3, 0.4) is 0 Å². The lowest BCUT2D eigenvalue weighted by atomic mass is 10.1. The fraction of sp³-hybridized carbons (Fsp3) is 0.778. The molecule has 0 aliphatic heterocycles. The molecule has 0 fully saturated rings. The maximum atomic E-state index is 13.0. The molecule has 5 heteroatoms. The Morgan fingerprint density at radius 3 is 2.93 bits per heavy atom. The van der Waals surface area contributed by atoms with Gasteiger partial charge in [0, 0.05) is 11.5 Å². The second kappa shape index (κ2) is 8.53. The summed E-state index contributed by atoms with van der Waals surface area (Å²) < 4.78 is 13.0. The largest absolute Gasteiger partial charge is 0.386 e.